The van der Waals surface area contributed by atoms with Crippen LogP contribution >= 0.6 is 11.6 Å². The van der Waals surface area contributed by atoms with Crippen LogP contribution in [0.2, 0.25) is 5.02 Å². The van der Waals surface area contributed by atoms with Crippen molar-refractivity contribution >= 4 is 11.6 Å². The molecule has 0 unspecified atom stereocenters. The first-order valence-corrected chi connectivity index (χ1v) is 4.92. The molecule has 0 saturated carbocycles. The van der Waals surface area contributed by atoms with Gasteiger partial charge < -0.3 is 10.2 Å². The molecule has 2 nitrogen and oxygen atoms in total. The molecule has 0 spiro atoms. The number of aromatic hydroxyl groups is 2. The van der Waals surface area contributed by atoms with E-state index in [1.807, 2.05) is 0 Å². The lowest BCUT2D eigenvalue weighted by atomic mass is 10.0. The molecule has 0 fully saturated rings. The lowest BCUT2D eigenvalue weighted by molar-refractivity contribution is 0.469. The van der Waals surface area contributed by atoms with Gasteiger partial charge in [-0.2, -0.15) is 0 Å². The highest BCUT2D eigenvalue weighted by Gasteiger charge is 2.07. The van der Waals surface area contributed by atoms with Gasteiger partial charge in [0, 0.05) is 16.7 Å². The van der Waals surface area contributed by atoms with Crippen molar-refractivity contribution in [3.8, 4) is 22.6 Å². The van der Waals surface area contributed by atoms with Crippen molar-refractivity contribution in [2.45, 2.75) is 0 Å². The molecule has 16 heavy (non-hydrogen) atoms. The molecule has 2 N–H and O–H groups in total. The molecule has 0 aliphatic rings. The predicted octanol–water partition coefficient (Wildman–Crippen LogP) is 3.56. The normalized spacial score (nSPS) is 10.4. The lowest BCUT2D eigenvalue weighted by Crippen LogP contribution is -1.82. The fraction of sp³-hybridized carbons (Fsp3) is 0. The molecule has 0 aliphatic heterocycles. The van der Waals surface area contributed by atoms with E-state index in [1.54, 1.807) is 0 Å². The summed E-state index contributed by atoms with van der Waals surface area (Å²) >= 11 is 5.92. The number of phenolic OH excluding ortho intramolecular Hbond substituents is 2. The van der Waals surface area contributed by atoms with Crippen molar-refractivity contribution in [2.24, 2.45) is 0 Å². The largest absolute Gasteiger partial charge is 0.508 e. The van der Waals surface area contributed by atoms with E-state index in [4.69, 9.17) is 11.6 Å². The Morgan fingerprint density at radius 2 is 1.69 bits per heavy atom. The van der Waals surface area contributed by atoms with Gasteiger partial charge in [-0.05, 0) is 35.9 Å². The van der Waals surface area contributed by atoms with E-state index in [1.165, 1.54) is 30.3 Å². The van der Waals surface area contributed by atoms with E-state index in [-0.39, 0.29) is 11.5 Å². The molecule has 0 heterocycles. The van der Waals surface area contributed by atoms with E-state index in [0.717, 1.165) is 6.07 Å². The second kappa shape index (κ2) is 4.02. The highest BCUT2D eigenvalue weighted by molar-refractivity contribution is 6.33. The Bertz CT molecular complexity index is 520. The third-order valence-corrected chi connectivity index (χ3v) is 2.47. The molecular weight excluding hydrogens is 231 g/mol. The molecule has 2 aromatic rings. The summed E-state index contributed by atoms with van der Waals surface area (Å²) in [6.45, 7) is 0. The molecule has 0 atom stereocenters. The number of halogens is 2. The highest BCUT2D eigenvalue weighted by atomic mass is 35.5. The molecular formula is C12H8ClFO2. The van der Waals surface area contributed by atoms with Crippen LogP contribution in [0.3, 0.4) is 0 Å². The molecule has 0 saturated heterocycles. The second-order valence-corrected chi connectivity index (χ2v) is 3.77. The van der Waals surface area contributed by atoms with Crippen molar-refractivity contribution in [3.05, 3.63) is 47.2 Å². The van der Waals surface area contributed by atoms with Crippen LogP contribution in [0.1, 0.15) is 0 Å². The van der Waals surface area contributed by atoms with Gasteiger partial charge in [-0.25, -0.2) is 4.39 Å². The summed E-state index contributed by atoms with van der Waals surface area (Å²) in [7, 11) is 0. The fourth-order valence-corrected chi connectivity index (χ4v) is 1.69. The van der Waals surface area contributed by atoms with E-state index >= 15 is 0 Å². The molecule has 82 valence electrons. The van der Waals surface area contributed by atoms with Gasteiger partial charge in [0.25, 0.3) is 0 Å². The third kappa shape index (κ3) is 2.09. The summed E-state index contributed by atoms with van der Waals surface area (Å²) in [6, 6.07) is 7.97. The van der Waals surface area contributed by atoms with Crippen LogP contribution in [-0.4, -0.2) is 10.2 Å². The Labute approximate surface area is 96.5 Å². The minimum Gasteiger partial charge on any atom is -0.508 e. The van der Waals surface area contributed by atoms with Crippen LogP contribution < -0.4 is 0 Å². The van der Waals surface area contributed by atoms with Crippen molar-refractivity contribution < 1.29 is 14.6 Å². The van der Waals surface area contributed by atoms with Crippen molar-refractivity contribution in [3.63, 3.8) is 0 Å². The van der Waals surface area contributed by atoms with Gasteiger partial charge in [-0.15, -0.1) is 0 Å². The van der Waals surface area contributed by atoms with Crippen LogP contribution in [0.5, 0.6) is 11.5 Å². The molecule has 0 aromatic heterocycles. The fourth-order valence-electron chi connectivity index (χ4n) is 1.46. The van der Waals surface area contributed by atoms with Gasteiger partial charge in [0.05, 0.1) is 0 Å². The lowest BCUT2D eigenvalue weighted by Gasteiger charge is -2.06. The zero-order valence-electron chi connectivity index (χ0n) is 8.11. The monoisotopic (exact) mass is 238 g/mol. The Kier molecular flexibility index (Phi) is 2.71. The molecule has 2 rings (SSSR count). The highest BCUT2D eigenvalue weighted by Crippen LogP contribution is 2.33. The molecule has 0 bridgehead atoms. The van der Waals surface area contributed by atoms with Crippen LogP contribution in [0.25, 0.3) is 11.1 Å². The summed E-state index contributed by atoms with van der Waals surface area (Å²) in [5, 5.41) is 19.0. The predicted molar refractivity (Wildman–Crippen MR) is 60.2 cm³/mol. The quantitative estimate of drug-likeness (QED) is 0.798. The van der Waals surface area contributed by atoms with E-state index in [0.29, 0.717) is 16.1 Å². The van der Waals surface area contributed by atoms with Gasteiger partial charge in [0.2, 0.25) is 0 Å². The number of phenols is 2. The topological polar surface area (TPSA) is 40.5 Å². The number of rotatable bonds is 1. The maximum absolute atomic E-state index is 13.1. The van der Waals surface area contributed by atoms with Crippen molar-refractivity contribution in [2.75, 3.05) is 0 Å². The average Bonchev–Trinajstić information content (AvgIpc) is 2.20. The number of benzene rings is 2. The molecule has 0 aliphatic carbocycles. The van der Waals surface area contributed by atoms with Gasteiger partial charge in [0.1, 0.15) is 17.3 Å². The maximum atomic E-state index is 13.1. The van der Waals surface area contributed by atoms with Gasteiger partial charge in [-0.1, -0.05) is 11.6 Å². The smallest absolute Gasteiger partial charge is 0.127 e. The first-order chi connectivity index (χ1) is 7.56. The van der Waals surface area contributed by atoms with Crippen molar-refractivity contribution in [1.29, 1.82) is 0 Å². The van der Waals surface area contributed by atoms with Gasteiger partial charge >= 0.3 is 0 Å². The summed E-state index contributed by atoms with van der Waals surface area (Å²) in [6.07, 6.45) is 0. The molecule has 2 aromatic carbocycles. The summed E-state index contributed by atoms with van der Waals surface area (Å²) in [4.78, 5) is 0. The van der Waals surface area contributed by atoms with Crippen molar-refractivity contribution in [1.82, 2.24) is 0 Å². The van der Waals surface area contributed by atoms with E-state index in [9.17, 15) is 14.6 Å². The Balaban J connectivity index is 2.62. The van der Waals surface area contributed by atoms with E-state index < -0.39 is 5.82 Å². The maximum Gasteiger partial charge on any atom is 0.127 e. The molecule has 0 amide bonds. The second-order valence-electron chi connectivity index (χ2n) is 3.36. The minimum atomic E-state index is -0.561. The standard InChI is InChI=1S/C12H8ClFO2/c13-12-2-1-9(15)6-11(12)7-3-8(14)5-10(16)4-7/h1-6,15-16H. The van der Waals surface area contributed by atoms with Crippen LogP contribution in [0, 0.1) is 5.82 Å². The van der Waals surface area contributed by atoms with Gasteiger partial charge in [-0.3, -0.25) is 0 Å². The summed E-state index contributed by atoms with van der Waals surface area (Å²) in [5.41, 5.74) is 0.884. The average molecular weight is 239 g/mol. The Hall–Kier alpha value is -1.74. The third-order valence-electron chi connectivity index (χ3n) is 2.14. The summed E-state index contributed by atoms with van der Waals surface area (Å²) in [5.74, 6) is -0.716. The first kappa shape index (κ1) is 10.8. The van der Waals surface area contributed by atoms with Crippen LogP contribution in [-0.2, 0) is 0 Å². The van der Waals surface area contributed by atoms with Crippen LogP contribution in [0.4, 0.5) is 4.39 Å². The Morgan fingerprint density at radius 3 is 2.38 bits per heavy atom. The first-order valence-electron chi connectivity index (χ1n) is 4.55. The SMILES string of the molecule is Oc1cc(F)cc(-c2cc(O)ccc2Cl)c1. The summed E-state index contributed by atoms with van der Waals surface area (Å²) < 4.78 is 13.1. The van der Waals surface area contributed by atoms with Crippen LogP contribution in [0.15, 0.2) is 36.4 Å². The Morgan fingerprint density at radius 1 is 0.938 bits per heavy atom. The number of hydrogen-bond donors (Lipinski definition) is 2. The zero-order chi connectivity index (χ0) is 11.7. The zero-order valence-corrected chi connectivity index (χ0v) is 8.87. The van der Waals surface area contributed by atoms with Gasteiger partial charge in [0.15, 0.2) is 0 Å². The molecule has 0 radical (unpaired) electrons. The molecule has 4 heteroatoms. The minimum absolute atomic E-state index is 0.0307. The van der Waals surface area contributed by atoms with E-state index in [2.05, 4.69) is 0 Å². The number of hydrogen-bond acceptors (Lipinski definition) is 2.